The minimum atomic E-state index is -1.23. The van der Waals surface area contributed by atoms with Crippen molar-refractivity contribution in [3.63, 3.8) is 0 Å². The van der Waals surface area contributed by atoms with Crippen molar-refractivity contribution < 1.29 is 19.0 Å². The second-order valence-corrected chi connectivity index (χ2v) is 3.81. The first-order valence-corrected chi connectivity index (χ1v) is 5.30. The number of methoxy groups -OCH3 is 1. The number of aliphatic carboxylic acids is 1. The molecule has 0 spiro atoms. The summed E-state index contributed by atoms with van der Waals surface area (Å²) in [4.78, 5) is 11.3. The number of carboxylic acid groups (broad SMARTS) is 1. The topological polar surface area (TPSA) is 58.6 Å². The van der Waals surface area contributed by atoms with Crippen LogP contribution in [0.5, 0.6) is 0 Å². The number of ether oxygens (including phenoxy) is 1. The Morgan fingerprint density at radius 2 is 2.29 bits per heavy atom. The van der Waals surface area contributed by atoms with Gasteiger partial charge in [-0.3, -0.25) is 0 Å². The fraction of sp³-hybridized carbons (Fsp3) is 0.417. The predicted molar refractivity (Wildman–Crippen MR) is 62.6 cm³/mol. The molecule has 1 rings (SSSR count). The highest BCUT2D eigenvalue weighted by atomic mass is 19.1. The number of carbonyl (C=O) groups is 1. The lowest BCUT2D eigenvalue weighted by molar-refractivity contribution is -0.144. The molecule has 2 N–H and O–H groups in total. The summed E-state index contributed by atoms with van der Waals surface area (Å²) in [7, 11) is 1.43. The maximum absolute atomic E-state index is 13.0. The highest BCUT2D eigenvalue weighted by Crippen LogP contribution is 2.20. The molecule has 0 saturated heterocycles. The van der Waals surface area contributed by atoms with Crippen LogP contribution in [-0.2, 0) is 9.53 Å². The number of hydrogen-bond donors (Lipinski definition) is 2. The summed E-state index contributed by atoms with van der Waals surface area (Å²) in [5.41, 5.74) is -0.811. The first-order chi connectivity index (χ1) is 8.04. The number of anilines is 1. The van der Waals surface area contributed by atoms with Gasteiger partial charge in [0.25, 0.3) is 0 Å². The lowest BCUT2D eigenvalue weighted by Gasteiger charge is -2.29. The summed E-state index contributed by atoms with van der Waals surface area (Å²) in [5, 5.41) is 12.1. The fourth-order valence-corrected chi connectivity index (χ4v) is 1.58. The zero-order valence-electron chi connectivity index (χ0n) is 9.87. The summed E-state index contributed by atoms with van der Waals surface area (Å²) >= 11 is 0. The summed E-state index contributed by atoms with van der Waals surface area (Å²) in [6.45, 7) is 1.74. The van der Waals surface area contributed by atoms with Crippen molar-refractivity contribution in [3.05, 3.63) is 30.1 Å². The fourth-order valence-electron chi connectivity index (χ4n) is 1.58. The number of halogens is 1. The maximum Gasteiger partial charge on any atom is 0.331 e. The Hall–Kier alpha value is -1.62. The number of nitrogens with one attached hydrogen (secondary N) is 1. The van der Waals surface area contributed by atoms with E-state index in [1.807, 2.05) is 0 Å². The van der Waals surface area contributed by atoms with E-state index in [2.05, 4.69) is 5.32 Å². The van der Waals surface area contributed by atoms with E-state index in [-0.39, 0.29) is 6.61 Å². The Balaban J connectivity index is 2.96. The van der Waals surface area contributed by atoms with Gasteiger partial charge in [-0.15, -0.1) is 0 Å². The van der Waals surface area contributed by atoms with Gasteiger partial charge in [0.15, 0.2) is 5.54 Å². The van der Waals surface area contributed by atoms with Gasteiger partial charge in [-0.2, -0.15) is 0 Å². The summed E-state index contributed by atoms with van der Waals surface area (Å²) < 4.78 is 17.9. The Bertz CT molecular complexity index is 397. The summed E-state index contributed by atoms with van der Waals surface area (Å²) in [6, 6.07) is 5.69. The SMILES string of the molecule is CCC(COC)(Nc1cccc(F)c1)C(=O)O. The molecule has 17 heavy (non-hydrogen) atoms. The van der Waals surface area contributed by atoms with Crippen LogP contribution in [0, 0.1) is 5.82 Å². The van der Waals surface area contributed by atoms with Crippen molar-refractivity contribution in [2.24, 2.45) is 0 Å². The van der Waals surface area contributed by atoms with E-state index in [0.717, 1.165) is 0 Å². The van der Waals surface area contributed by atoms with Crippen LogP contribution in [0.3, 0.4) is 0 Å². The molecule has 0 amide bonds. The Morgan fingerprint density at radius 3 is 2.76 bits per heavy atom. The van der Waals surface area contributed by atoms with Crippen molar-refractivity contribution in [1.29, 1.82) is 0 Å². The molecule has 4 nitrogen and oxygen atoms in total. The van der Waals surface area contributed by atoms with Crippen molar-refractivity contribution in [1.82, 2.24) is 0 Å². The van der Waals surface area contributed by atoms with Gasteiger partial charge >= 0.3 is 5.97 Å². The molecule has 0 fully saturated rings. The largest absolute Gasteiger partial charge is 0.479 e. The van der Waals surface area contributed by atoms with E-state index in [4.69, 9.17) is 4.74 Å². The molecule has 0 aliphatic heterocycles. The van der Waals surface area contributed by atoms with Gasteiger partial charge in [-0.25, -0.2) is 9.18 Å². The van der Waals surface area contributed by atoms with E-state index >= 15 is 0 Å². The average Bonchev–Trinajstić information content (AvgIpc) is 2.28. The molecule has 5 heteroatoms. The zero-order chi connectivity index (χ0) is 12.9. The number of rotatable bonds is 6. The van der Waals surface area contributed by atoms with Gasteiger partial charge in [0.1, 0.15) is 5.82 Å². The molecule has 0 aliphatic carbocycles. The molecule has 1 aromatic rings. The molecule has 1 unspecified atom stereocenters. The first-order valence-electron chi connectivity index (χ1n) is 5.30. The lowest BCUT2D eigenvalue weighted by Crippen LogP contribution is -2.49. The molecule has 0 radical (unpaired) electrons. The van der Waals surface area contributed by atoms with E-state index in [0.29, 0.717) is 12.1 Å². The molecule has 1 atom stereocenters. The molecule has 0 heterocycles. The minimum Gasteiger partial charge on any atom is -0.479 e. The zero-order valence-corrected chi connectivity index (χ0v) is 9.87. The second-order valence-electron chi connectivity index (χ2n) is 3.81. The first kappa shape index (κ1) is 13.4. The van der Waals surface area contributed by atoms with Crippen LogP contribution in [0.2, 0.25) is 0 Å². The third kappa shape index (κ3) is 3.17. The smallest absolute Gasteiger partial charge is 0.331 e. The quantitative estimate of drug-likeness (QED) is 0.801. The Labute approximate surface area is 99.4 Å². The molecule has 0 bridgehead atoms. The lowest BCUT2D eigenvalue weighted by atomic mass is 9.97. The predicted octanol–water partition coefficient (Wildman–Crippen LogP) is 2.12. The van der Waals surface area contributed by atoms with Gasteiger partial charge in [0, 0.05) is 12.8 Å². The van der Waals surface area contributed by atoms with Crippen molar-refractivity contribution in [2.75, 3.05) is 19.0 Å². The van der Waals surface area contributed by atoms with Gasteiger partial charge in [-0.1, -0.05) is 13.0 Å². The molecule has 1 aromatic carbocycles. The van der Waals surface area contributed by atoms with Crippen LogP contribution in [0.25, 0.3) is 0 Å². The van der Waals surface area contributed by atoms with Crippen LogP contribution in [0.1, 0.15) is 13.3 Å². The van der Waals surface area contributed by atoms with Crippen molar-refractivity contribution in [2.45, 2.75) is 18.9 Å². The van der Waals surface area contributed by atoms with Gasteiger partial charge in [0.05, 0.1) is 6.61 Å². The van der Waals surface area contributed by atoms with E-state index in [1.54, 1.807) is 13.0 Å². The number of hydrogen-bond acceptors (Lipinski definition) is 3. The third-order valence-electron chi connectivity index (χ3n) is 2.61. The van der Waals surface area contributed by atoms with Gasteiger partial charge in [0.2, 0.25) is 0 Å². The number of benzene rings is 1. The standard InChI is InChI=1S/C12H16FNO3/c1-3-12(8-17-2,11(15)16)14-10-6-4-5-9(13)7-10/h4-7,14H,3,8H2,1-2H3,(H,15,16). The van der Waals surface area contributed by atoms with E-state index in [1.165, 1.54) is 25.3 Å². The van der Waals surface area contributed by atoms with Crippen LogP contribution < -0.4 is 5.32 Å². The maximum atomic E-state index is 13.0. The minimum absolute atomic E-state index is 0.00927. The van der Waals surface area contributed by atoms with Gasteiger partial charge < -0.3 is 15.2 Å². The molecule has 0 aromatic heterocycles. The third-order valence-corrected chi connectivity index (χ3v) is 2.61. The van der Waals surface area contributed by atoms with E-state index in [9.17, 15) is 14.3 Å². The monoisotopic (exact) mass is 241 g/mol. The Morgan fingerprint density at radius 1 is 1.59 bits per heavy atom. The normalized spacial score (nSPS) is 14.1. The summed E-state index contributed by atoms with van der Waals surface area (Å²) in [5.74, 6) is -1.44. The van der Waals surface area contributed by atoms with Gasteiger partial charge in [-0.05, 0) is 24.6 Å². The molecular weight excluding hydrogens is 225 g/mol. The van der Waals surface area contributed by atoms with Crippen LogP contribution in [0.4, 0.5) is 10.1 Å². The average molecular weight is 241 g/mol. The highest BCUT2D eigenvalue weighted by Gasteiger charge is 2.36. The van der Waals surface area contributed by atoms with E-state index < -0.39 is 17.3 Å². The van der Waals surface area contributed by atoms with Crippen LogP contribution >= 0.6 is 0 Å². The summed E-state index contributed by atoms with van der Waals surface area (Å²) in [6.07, 6.45) is 0.326. The molecule has 0 saturated carbocycles. The highest BCUT2D eigenvalue weighted by molar-refractivity contribution is 5.83. The molecule has 0 aliphatic rings. The van der Waals surface area contributed by atoms with Crippen LogP contribution in [0.15, 0.2) is 24.3 Å². The van der Waals surface area contributed by atoms with Crippen molar-refractivity contribution >= 4 is 11.7 Å². The van der Waals surface area contributed by atoms with Crippen molar-refractivity contribution in [3.8, 4) is 0 Å². The Kier molecular flexibility index (Phi) is 4.45. The number of carboxylic acids is 1. The second kappa shape index (κ2) is 5.63. The van der Waals surface area contributed by atoms with Crippen LogP contribution in [-0.4, -0.2) is 30.3 Å². The molecular formula is C12H16FNO3. The molecule has 94 valence electrons.